The molecule has 3 rings (SSSR count). The van der Waals surface area contributed by atoms with E-state index in [1.807, 2.05) is 0 Å². The van der Waals surface area contributed by atoms with Crippen LogP contribution in [-0.4, -0.2) is 25.7 Å². The molecule has 1 fully saturated rings. The maximum absolute atomic E-state index is 10.7. The summed E-state index contributed by atoms with van der Waals surface area (Å²) in [5.74, 6) is 0.648. The Balaban J connectivity index is 1.94. The van der Waals surface area contributed by atoms with Gasteiger partial charge in [-0.2, -0.15) is 9.67 Å². The van der Waals surface area contributed by atoms with Crippen LogP contribution in [0.2, 0.25) is 0 Å². The van der Waals surface area contributed by atoms with Gasteiger partial charge in [-0.15, -0.1) is 5.10 Å². The molecule has 0 unspecified atom stereocenters. The molecule has 1 aromatic carbocycles. The van der Waals surface area contributed by atoms with E-state index in [1.54, 1.807) is 12.1 Å². The largest absolute Gasteiger partial charge is 0.368 e. The van der Waals surface area contributed by atoms with E-state index in [0.29, 0.717) is 17.7 Å². The predicted molar refractivity (Wildman–Crippen MR) is 69.1 cm³/mol. The molecule has 1 aromatic heterocycles. The van der Waals surface area contributed by atoms with Crippen LogP contribution in [0.4, 0.5) is 17.6 Å². The summed E-state index contributed by atoms with van der Waals surface area (Å²) >= 11 is 0. The van der Waals surface area contributed by atoms with E-state index in [2.05, 4.69) is 15.4 Å². The van der Waals surface area contributed by atoms with Crippen LogP contribution in [0, 0.1) is 10.1 Å². The smallest absolute Gasteiger partial charge is 0.271 e. The second-order valence-electron chi connectivity index (χ2n) is 4.40. The normalized spacial score (nSPS) is 14.3. The Morgan fingerprint density at radius 2 is 2.26 bits per heavy atom. The number of nitrogens with two attached hydrogens (primary N) is 1. The van der Waals surface area contributed by atoms with E-state index >= 15 is 0 Å². The summed E-state index contributed by atoms with van der Waals surface area (Å²) in [6.45, 7) is 0. The van der Waals surface area contributed by atoms with Gasteiger partial charge in [0, 0.05) is 18.2 Å². The standard InChI is InChI=1S/C11H12N6O2/c12-10-14-11(13-7-4-5-7)15-16(10)8-2-1-3-9(6-8)17(18)19/h1-3,6-7H,4-5H2,(H3,12,13,14,15). The Bertz CT molecular complexity index is 634. The van der Waals surface area contributed by atoms with E-state index in [0.717, 1.165) is 12.8 Å². The van der Waals surface area contributed by atoms with Crippen molar-refractivity contribution in [2.45, 2.75) is 18.9 Å². The van der Waals surface area contributed by atoms with Crippen LogP contribution >= 0.6 is 0 Å². The summed E-state index contributed by atoms with van der Waals surface area (Å²) in [7, 11) is 0. The van der Waals surface area contributed by atoms with Gasteiger partial charge in [-0.1, -0.05) is 6.07 Å². The fourth-order valence-electron chi connectivity index (χ4n) is 1.72. The minimum Gasteiger partial charge on any atom is -0.368 e. The molecular weight excluding hydrogens is 248 g/mol. The third kappa shape index (κ3) is 2.32. The summed E-state index contributed by atoms with van der Waals surface area (Å²) in [6.07, 6.45) is 2.20. The number of aromatic nitrogens is 3. The highest BCUT2D eigenvalue weighted by molar-refractivity contribution is 5.47. The van der Waals surface area contributed by atoms with E-state index < -0.39 is 4.92 Å². The third-order valence-electron chi connectivity index (χ3n) is 2.83. The number of nitrogens with zero attached hydrogens (tertiary/aromatic N) is 4. The van der Waals surface area contributed by atoms with Crippen LogP contribution in [-0.2, 0) is 0 Å². The predicted octanol–water partition coefficient (Wildman–Crippen LogP) is 1.33. The molecule has 8 heteroatoms. The van der Waals surface area contributed by atoms with Crippen LogP contribution in [0.5, 0.6) is 0 Å². The van der Waals surface area contributed by atoms with Gasteiger partial charge in [0.25, 0.3) is 5.69 Å². The summed E-state index contributed by atoms with van der Waals surface area (Å²) in [5, 5.41) is 18.1. The van der Waals surface area contributed by atoms with Crippen molar-refractivity contribution in [3.05, 3.63) is 34.4 Å². The maximum atomic E-state index is 10.7. The van der Waals surface area contributed by atoms with E-state index in [9.17, 15) is 10.1 Å². The zero-order valence-corrected chi connectivity index (χ0v) is 9.98. The molecule has 0 atom stereocenters. The summed E-state index contributed by atoms with van der Waals surface area (Å²) in [6, 6.07) is 6.52. The van der Waals surface area contributed by atoms with Gasteiger partial charge in [0.05, 0.1) is 10.6 Å². The van der Waals surface area contributed by atoms with Crippen LogP contribution in [0.25, 0.3) is 5.69 Å². The summed E-state index contributed by atoms with van der Waals surface area (Å²) in [4.78, 5) is 14.4. The SMILES string of the molecule is Nc1nc(NC2CC2)nn1-c1cccc([N+](=O)[O-])c1. The first-order valence-corrected chi connectivity index (χ1v) is 5.87. The number of hydrogen-bond acceptors (Lipinski definition) is 6. The molecule has 3 N–H and O–H groups in total. The van der Waals surface area contributed by atoms with Crippen molar-refractivity contribution in [1.29, 1.82) is 0 Å². The molecule has 0 spiro atoms. The average molecular weight is 260 g/mol. The second kappa shape index (κ2) is 4.23. The van der Waals surface area contributed by atoms with E-state index in [1.165, 1.54) is 16.8 Å². The van der Waals surface area contributed by atoms with Crippen LogP contribution < -0.4 is 11.1 Å². The molecular formula is C11H12N6O2. The van der Waals surface area contributed by atoms with E-state index in [-0.39, 0.29) is 11.6 Å². The van der Waals surface area contributed by atoms with Crippen LogP contribution in [0.15, 0.2) is 24.3 Å². The van der Waals surface area contributed by atoms with Gasteiger partial charge in [0.1, 0.15) is 0 Å². The first kappa shape index (κ1) is 11.5. The highest BCUT2D eigenvalue weighted by Gasteiger charge is 2.23. The third-order valence-corrected chi connectivity index (χ3v) is 2.83. The summed E-state index contributed by atoms with van der Waals surface area (Å²) in [5.41, 5.74) is 6.28. The highest BCUT2D eigenvalue weighted by atomic mass is 16.6. The molecule has 2 aromatic rings. The lowest BCUT2D eigenvalue weighted by Gasteiger charge is -2.01. The molecule has 0 radical (unpaired) electrons. The molecule has 0 saturated heterocycles. The molecule has 1 aliphatic rings. The number of hydrogen-bond donors (Lipinski definition) is 2. The van der Waals surface area contributed by atoms with Crippen molar-refractivity contribution < 1.29 is 4.92 Å². The van der Waals surface area contributed by atoms with Crippen molar-refractivity contribution in [3.63, 3.8) is 0 Å². The number of rotatable bonds is 4. The van der Waals surface area contributed by atoms with Gasteiger partial charge >= 0.3 is 0 Å². The molecule has 19 heavy (non-hydrogen) atoms. The number of benzene rings is 1. The lowest BCUT2D eigenvalue weighted by molar-refractivity contribution is -0.384. The molecule has 1 heterocycles. The van der Waals surface area contributed by atoms with Crippen molar-refractivity contribution in [2.75, 3.05) is 11.1 Å². The second-order valence-corrected chi connectivity index (χ2v) is 4.40. The van der Waals surface area contributed by atoms with Gasteiger partial charge in [0.2, 0.25) is 11.9 Å². The van der Waals surface area contributed by atoms with Gasteiger partial charge in [-0.25, -0.2) is 0 Å². The maximum Gasteiger partial charge on any atom is 0.271 e. The lowest BCUT2D eigenvalue weighted by Crippen LogP contribution is -2.04. The van der Waals surface area contributed by atoms with Crippen LogP contribution in [0.1, 0.15) is 12.8 Å². The minimum atomic E-state index is -0.458. The molecule has 8 nitrogen and oxygen atoms in total. The number of nitro benzene ring substituents is 1. The fraction of sp³-hybridized carbons (Fsp3) is 0.273. The Morgan fingerprint density at radius 1 is 1.47 bits per heavy atom. The van der Waals surface area contributed by atoms with Crippen molar-refractivity contribution >= 4 is 17.6 Å². The van der Waals surface area contributed by atoms with Gasteiger partial charge in [-0.3, -0.25) is 10.1 Å². The van der Waals surface area contributed by atoms with Gasteiger partial charge in [-0.05, 0) is 18.9 Å². The van der Waals surface area contributed by atoms with Gasteiger partial charge in [0.15, 0.2) is 0 Å². The molecule has 1 saturated carbocycles. The zero-order valence-electron chi connectivity index (χ0n) is 9.98. The Kier molecular flexibility index (Phi) is 2.55. The number of nitro groups is 1. The number of nitrogens with one attached hydrogen (secondary N) is 1. The molecule has 0 bridgehead atoms. The quantitative estimate of drug-likeness (QED) is 0.633. The van der Waals surface area contributed by atoms with Crippen molar-refractivity contribution in [2.24, 2.45) is 0 Å². The monoisotopic (exact) mass is 260 g/mol. The number of non-ortho nitro benzene ring substituents is 1. The molecule has 1 aliphatic carbocycles. The zero-order chi connectivity index (χ0) is 13.4. The highest BCUT2D eigenvalue weighted by Crippen LogP contribution is 2.24. The topological polar surface area (TPSA) is 112 Å². The lowest BCUT2D eigenvalue weighted by atomic mass is 10.3. The Labute approximate surface area is 108 Å². The molecule has 98 valence electrons. The van der Waals surface area contributed by atoms with Gasteiger partial charge < -0.3 is 11.1 Å². The van der Waals surface area contributed by atoms with E-state index in [4.69, 9.17) is 5.73 Å². The molecule has 0 aliphatic heterocycles. The fourth-order valence-corrected chi connectivity index (χ4v) is 1.72. The van der Waals surface area contributed by atoms with Crippen molar-refractivity contribution in [3.8, 4) is 5.69 Å². The minimum absolute atomic E-state index is 0.0101. The average Bonchev–Trinajstić information content (AvgIpc) is 3.12. The first-order valence-electron chi connectivity index (χ1n) is 5.87. The summed E-state index contributed by atoms with van der Waals surface area (Å²) < 4.78 is 1.39. The Hall–Kier alpha value is -2.64. The Morgan fingerprint density at radius 3 is 2.95 bits per heavy atom. The first-order chi connectivity index (χ1) is 9.13. The number of anilines is 2. The van der Waals surface area contributed by atoms with Crippen molar-refractivity contribution in [1.82, 2.24) is 14.8 Å². The number of nitrogen functional groups attached to an aromatic ring is 1. The molecule has 0 amide bonds. The van der Waals surface area contributed by atoms with Crippen LogP contribution in [0.3, 0.4) is 0 Å².